The molecule has 15 heavy (non-hydrogen) atoms. The van der Waals surface area contributed by atoms with Gasteiger partial charge in [-0.05, 0) is 50.9 Å². The Morgan fingerprint density at radius 1 is 1.13 bits per heavy atom. The van der Waals surface area contributed by atoms with Gasteiger partial charge < -0.3 is 9.53 Å². The number of aldehydes is 1. The molecule has 1 saturated heterocycles. The van der Waals surface area contributed by atoms with Gasteiger partial charge in [-0.15, -0.1) is 0 Å². The van der Waals surface area contributed by atoms with Crippen LogP contribution in [0.2, 0.25) is 0 Å². The Kier molecular flexibility index (Phi) is 2.17. The Morgan fingerprint density at radius 3 is 2.33 bits per heavy atom. The number of hydrogen-bond acceptors (Lipinski definition) is 2. The molecular weight excluding hydrogens is 188 g/mol. The standard InChI is InChI=1S/C13H20O2/c14-10-12(4-1-5-12)11-3-8-15-13(9-11)6-2-7-13/h10-11H,1-9H2. The van der Waals surface area contributed by atoms with E-state index >= 15 is 0 Å². The summed E-state index contributed by atoms with van der Waals surface area (Å²) < 4.78 is 5.92. The van der Waals surface area contributed by atoms with Gasteiger partial charge >= 0.3 is 0 Å². The maximum atomic E-state index is 11.3. The first kappa shape index (κ1) is 9.83. The fourth-order valence-electron chi connectivity index (χ4n) is 3.65. The maximum absolute atomic E-state index is 11.3. The molecule has 1 spiro atoms. The molecule has 0 N–H and O–H groups in total. The summed E-state index contributed by atoms with van der Waals surface area (Å²) in [5.41, 5.74) is 0.265. The smallest absolute Gasteiger partial charge is 0.126 e. The second-order valence-corrected chi connectivity index (χ2v) is 5.78. The molecular formula is C13H20O2. The third-order valence-electron chi connectivity index (χ3n) is 5.09. The predicted molar refractivity (Wildman–Crippen MR) is 57.6 cm³/mol. The lowest BCUT2D eigenvalue weighted by Crippen LogP contribution is -2.51. The number of carbonyl (C=O) groups is 1. The zero-order valence-electron chi connectivity index (χ0n) is 9.34. The van der Waals surface area contributed by atoms with Crippen molar-refractivity contribution in [3.8, 4) is 0 Å². The first-order valence-electron chi connectivity index (χ1n) is 6.39. The van der Waals surface area contributed by atoms with Gasteiger partial charge in [-0.2, -0.15) is 0 Å². The van der Waals surface area contributed by atoms with Gasteiger partial charge in [-0.1, -0.05) is 6.42 Å². The van der Waals surface area contributed by atoms with E-state index in [1.54, 1.807) is 0 Å². The van der Waals surface area contributed by atoms with E-state index in [0.717, 1.165) is 32.3 Å². The van der Waals surface area contributed by atoms with Gasteiger partial charge in [0.05, 0.1) is 5.60 Å². The van der Waals surface area contributed by atoms with E-state index < -0.39 is 0 Å². The van der Waals surface area contributed by atoms with Crippen LogP contribution in [0.4, 0.5) is 0 Å². The molecule has 3 fully saturated rings. The molecule has 0 aromatic heterocycles. The molecule has 2 heteroatoms. The van der Waals surface area contributed by atoms with Gasteiger partial charge in [0.1, 0.15) is 6.29 Å². The number of rotatable bonds is 2. The van der Waals surface area contributed by atoms with Crippen LogP contribution < -0.4 is 0 Å². The minimum atomic E-state index is 0.0619. The fraction of sp³-hybridized carbons (Fsp3) is 0.923. The van der Waals surface area contributed by atoms with Crippen LogP contribution in [-0.4, -0.2) is 18.5 Å². The molecule has 0 amide bonds. The Balaban J connectivity index is 1.73. The van der Waals surface area contributed by atoms with Crippen LogP contribution in [0.5, 0.6) is 0 Å². The van der Waals surface area contributed by atoms with Gasteiger partial charge in [-0.25, -0.2) is 0 Å². The van der Waals surface area contributed by atoms with Crippen LogP contribution in [0.25, 0.3) is 0 Å². The Morgan fingerprint density at radius 2 is 1.87 bits per heavy atom. The zero-order chi connectivity index (χ0) is 10.4. The molecule has 0 aromatic rings. The third kappa shape index (κ3) is 1.37. The lowest BCUT2D eigenvalue weighted by Gasteiger charge is -2.53. The van der Waals surface area contributed by atoms with Crippen LogP contribution >= 0.6 is 0 Å². The van der Waals surface area contributed by atoms with E-state index in [-0.39, 0.29) is 11.0 Å². The van der Waals surface area contributed by atoms with Crippen molar-refractivity contribution in [1.29, 1.82) is 0 Å². The Bertz CT molecular complexity index is 264. The number of carbonyl (C=O) groups excluding carboxylic acids is 1. The molecule has 2 nitrogen and oxygen atoms in total. The molecule has 0 radical (unpaired) electrons. The molecule has 0 aromatic carbocycles. The monoisotopic (exact) mass is 208 g/mol. The minimum absolute atomic E-state index is 0.0619. The van der Waals surface area contributed by atoms with Gasteiger partial charge in [0, 0.05) is 12.0 Å². The largest absolute Gasteiger partial charge is 0.375 e. The zero-order valence-corrected chi connectivity index (χ0v) is 9.34. The quantitative estimate of drug-likeness (QED) is 0.652. The summed E-state index contributed by atoms with van der Waals surface area (Å²) in [7, 11) is 0. The third-order valence-corrected chi connectivity index (χ3v) is 5.09. The molecule has 1 unspecified atom stereocenters. The van der Waals surface area contributed by atoms with Crippen LogP contribution in [0.15, 0.2) is 0 Å². The Labute approximate surface area is 91.4 Å². The molecule has 1 atom stereocenters. The topological polar surface area (TPSA) is 26.3 Å². The van der Waals surface area contributed by atoms with Crippen LogP contribution in [0, 0.1) is 11.3 Å². The summed E-state index contributed by atoms with van der Waals surface area (Å²) in [6.45, 7) is 0.889. The van der Waals surface area contributed by atoms with Crippen molar-refractivity contribution in [3.63, 3.8) is 0 Å². The lowest BCUT2D eigenvalue weighted by molar-refractivity contribution is -0.170. The highest BCUT2D eigenvalue weighted by Gasteiger charge is 2.51. The average molecular weight is 208 g/mol. The molecule has 84 valence electrons. The molecule has 1 heterocycles. The first-order valence-corrected chi connectivity index (χ1v) is 6.39. The van der Waals surface area contributed by atoms with Crippen LogP contribution in [-0.2, 0) is 9.53 Å². The molecule has 2 saturated carbocycles. The fourth-order valence-corrected chi connectivity index (χ4v) is 3.65. The first-order chi connectivity index (χ1) is 7.29. The SMILES string of the molecule is O=CC1(C2CCOC3(CCC3)C2)CCC1. The number of hydrogen-bond donors (Lipinski definition) is 0. The summed E-state index contributed by atoms with van der Waals surface area (Å²) in [6.07, 6.45) is 10.8. The molecule has 3 aliphatic rings. The van der Waals surface area contributed by atoms with Crippen molar-refractivity contribution in [2.24, 2.45) is 11.3 Å². The van der Waals surface area contributed by atoms with E-state index in [4.69, 9.17) is 4.74 Å². The van der Waals surface area contributed by atoms with Gasteiger partial charge in [0.25, 0.3) is 0 Å². The lowest BCUT2D eigenvalue weighted by atomic mass is 9.56. The average Bonchev–Trinajstić information content (AvgIpc) is 2.15. The van der Waals surface area contributed by atoms with Crippen molar-refractivity contribution in [1.82, 2.24) is 0 Å². The minimum Gasteiger partial charge on any atom is -0.375 e. The summed E-state index contributed by atoms with van der Waals surface area (Å²) in [5, 5.41) is 0. The maximum Gasteiger partial charge on any atom is 0.126 e. The second-order valence-electron chi connectivity index (χ2n) is 5.78. The van der Waals surface area contributed by atoms with Crippen molar-refractivity contribution in [2.45, 2.75) is 57.0 Å². The molecule has 1 aliphatic heterocycles. The van der Waals surface area contributed by atoms with Gasteiger partial charge in [0.2, 0.25) is 0 Å². The highest BCUT2D eigenvalue weighted by molar-refractivity contribution is 5.61. The highest BCUT2D eigenvalue weighted by Crippen LogP contribution is 2.54. The summed E-state index contributed by atoms with van der Waals surface area (Å²) in [4.78, 5) is 11.3. The van der Waals surface area contributed by atoms with E-state index in [1.165, 1.54) is 32.0 Å². The van der Waals surface area contributed by atoms with Gasteiger partial charge in [0.15, 0.2) is 0 Å². The van der Waals surface area contributed by atoms with E-state index in [9.17, 15) is 4.79 Å². The molecule has 0 bridgehead atoms. The predicted octanol–water partition coefficient (Wildman–Crippen LogP) is 2.70. The number of ether oxygens (including phenoxy) is 1. The van der Waals surface area contributed by atoms with Crippen molar-refractivity contribution >= 4 is 6.29 Å². The van der Waals surface area contributed by atoms with Crippen LogP contribution in [0.3, 0.4) is 0 Å². The van der Waals surface area contributed by atoms with Gasteiger partial charge in [-0.3, -0.25) is 0 Å². The van der Waals surface area contributed by atoms with Crippen molar-refractivity contribution < 1.29 is 9.53 Å². The summed E-state index contributed by atoms with van der Waals surface area (Å²) in [6, 6.07) is 0. The second kappa shape index (κ2) is 3.31. The van der Waals surface area contributed by atoms with E-state index in [2.05, 4.69) is 0 Å². The van der Waals surface area contributed by atoms with Crippen molar-refractivity contribution in [2.75, 3.05) is 6.61 Å². The van der Waals surface area contributed by atoms with Crippen molar-refractivity contribution in [3.05, 3.63) is 0 Å². The summed E-state index contributed by atoms with van der Waals surface area (Å²) >= 11 is 0. The Hall–Kier alpha value is -0.370. The van der Waals surface area contributed by atoms with E-state index in [1.807, 2.05) is 0 Å². The van der Waals surface area contributed by atoms with E-state index in [0.29, 0.717) is 5.92 Å². The summed E-state index contributed by atoms with van der Waals surface area (Å²) in [5.74, 6) is 0.623. The normalized spacial score (nSPS) is 36.7. The van der Waals surface area contributed by atoms with Crippen LogP contribution in [0.1, 0.15) is 51.4 Å². The molecule has 3 rings (SSSR count). The highest BCUT2D eigenvalue weighted by atomic mass is 16.5. The molecule has 2 aliphatic carbocycles.